The van der Waals surface area contributed by atoms with Crippen LogP contribution in [0.15, 0.2) is 59.5 Å². The number of carbonyl (C=O) groups is 1. The zero-order valence-corrected chi connectivity index (χ0v) is 17.5. The van der Waals surface area contributed by atoms with Crippen LogP contribution in [-0.2, 0) is 10.0 Å². The van der Waals surface area contributed by atoms with Gasteiger partial charge in [-0.1, -0.05) is 29.8 Å². The van der Waals surface area contributed by atoms with Crippen molar-refractivity contribution in [2.75, 3.05) is 10.0 Å². The summed E-state index contributed by atoms with van der Waals surface area (Å²) in [6.45, 7) is 3.56. The molecule has 1 amide bonds. The Hall–Kier alpha value is -2.97. The second kappa shape index (κ2) is 8.41. The number of carbonyl (C=O) groups excluding carboxylic acids is 1. The summed E-state index contributed by atoms with van der Waals surface area (Å²) in [5.41, 5.74) is 1.15. The molecule has 3 aromatic carbocycles. The van der Waals surface area contributed by atoms with E-state index in [1.807, 2.05) is 13.0 Å². The van der Waals surface area contributed by atoms with Crippen molar-refractivity contribution in [3.63, 3.8) is 0 Å². The first-order valence-electron chi connectivity index (χ1n) is 8.73. The van der Waals surface area contributed by atoms with Gasteiger partial charge in [0.1, 0.15) is 22.2 Å². The largest absolute Gasteiger partial charge is 0.317 e. The van der Waals surface area contributed by atoms with Gasteiger partial charge in [0.25, 0.3) is 15.9 Å². The van der Waals surface area contributed by atoms with E-state index in [2.05, 4.69) is 10.0 Å². The third kappa shape index (κ3) is 4.60. The minimum atomic E-state index is -4.14. The van der Waals surface area contributed by atoms with Gasteiger partial charge >= 0.3 is 0 Å². The van der Waals surface area contributed by atoms with Crippen molar-refractivity contribution >= 4 is 38.9 Å². The van der Waals surface area contributed by atoms with Crippen LogP contribution in [0, 0.1) is 25.5 Å². The molecular weight excluding hydrogens is 434 g/mol. The van der Waals surface area contributed by atoms with Crippen molar-refractivity contribution in [3.05, 3.63) is 87.9 Å². The van der Waals surface area contributed by atoms with E-state index in [-0.39, 0.29) is 15.5 Å². The summed E-state index contributed by atoms with van der Waals surface area (Å²) in [6, 6.07) is 11.9. The fraction of sp³-hybridized carbons (Fsp3) is 0.0952. The van der Waals surface area contributed by atoms with Gasteiger partial charge in [0.05, 0.1) is 10.7 Å². The number of para-hydroxylation sites is 1. The molecule has 0 aliphatic rings. The van der Waals surface area contributed by atoms with Gasteiger partial charge in [-0.05, 0) is 61.4 Å². The third-order valence-corrected chi connectivity index (χ3v) is 6.17. The highest BCUT2D eigenvalue weighted by atomic mass is 35.5. The highest BCUT2D eigenvalue weighted by Gasteiger charge is 2.22. The van der Waals surface area contributed by atoms with E-state index >= 15 is 0 Å². The minimum Gasteiger partial charge on any atom is -0.317 e. The van der Waals surface area contributed by atoms with Crippen LogP contribution in [0.3, 0.4) is 0 Å². The van der Waals surface area contributed by atoms with Crippen molar-refractivity contribution in [2.45, 2.75) is 18.7 Å². The van der Waals surface area contributed by atoms with Crippen LogP contribution in [0.25, 0.3) is 0 Å². The fourth-order valence-electron chi connectivity index (χ4n) is 2.70. The maximum absolute atomic E-state index is 13.8. The Bertz CT molecular complexity index is 1230. The Morgan fingerprint density at radius 1 is 0.967 bits per heavy atom. The van der Waals surface area contributed by atoms with Crippen molar-refractivity contribution < 1.29 is 22.0 Å². The zero-order chi connectivity index (χ0) is 22.1. The van der Waals surface area contributed by atoms with Gasteiger partial charge in [-0.3, -0.25) is 9.52 Å². The SMILES string of the molecule is Cc1ccc(C)c(NS(=O)(=O)c2cc(C(=O)Nc3c(F)cccc3F)ccc2Cl)c1. The summed E-state index contributed by atoms with van der Waals surface area (Å²) >= 11 is 6.06. The minimum absolute atomic E-state index is 0.110. The number of anilines is 2. The Morgan fingerprint density at radius 3 is 2.30 bits per heavy atom. The summed E-state index contributed by atoms with van der Waals surface area (Å²) in [6.07, 6.45) is 0. The molecule has 0 saturated heterocycles. The lowest BCUT2D eigenvalue weighted by Gasteiger charge is -2.14. The predicted octanol–water partition coefficient (Wildman–Crippen LogP) is 5.29. The third-order valence-electron chi connectivity index (χ3n) is 4.32. The smallest absolute Gasteiger partial charge is 0.263 e. The van der Waals surface area contributed by atoms with Crippen molar-refractivity contribution in [1.82, 2.24) is 0 Å². The zero-order valence-electron chi connectivity index (χ0n) is 16.0. The van der Waals surface area contributed by atoms with Crippen LogP contribution >= 0.6 is 11.6 Å². The average Bonchev–Trinajstić information content (AvgIpc) is 2.67. The quantitative estimate of drug-likeness (QED) is 0.554. The summed E-state index contributed by atoms with van der Waals surface area (Å²) in [4.78, 5) is 12.1. The lowest BCUT2D eigenvalue weighted by molar-refractivity contribution is 0.102. The molecule has 5 nitrogen and oxygen atoms in total. The number of halogens is 3. The van der Waals surface area contributed by atoms with Crippen LogP contribution in [0.1, 0.15) is 21.5 Å². The lowest BCUT2D eigenvalue weighted by atomic mass is 10.1. The molecular formula is C21H17ClF2N2O3S. The van der Waals surface area contributed by atoms with Crippen LogP contribution in [-0.4, -0.2) is 14.3 Å². The molecule has 30 heavy (non-hydrogen) atoms. The first-order chi connectivity index (χ1) is 14.1. The Labute approximate surface area is 177 Å². The molecule has 3 aromatic rings. The molecule has 0 unspecified atom stereocenters. The van der Waals surface area contributed by atoms with Crippen LogP contribution < -0.4 is 10.0 Å². The summed E-state index contributed by atoms with van der Waals surface area (Å²) < 4.78 is 55.8. The van der Waals surface area contributed by atoms with Crippen molar-refractivity contribution in [3.8, 4) is 0 Å². The molecule has 156 valence electrons. The van der Waals surface area contributed by atoms with Crippen molar-refractivity contribution in [2.24, 2.45) is 0 Å². The summed E-state index contributed by atoms with van der Waals surface area (Å²) in [5.74, 6) is -2.80. The monoisotopic (exact) mass is 450 g/mol. The molecule has 0 aliphatic heterocycles. The lowest BCUT2D eigenvalue weighted by Crippen LogP contribution is -2.18. The van der Waals surface area contributed by atoms with E-state index in [1.54, 1.807) is 19.1 Å². The second-order valence-corrected chi connectivity index (χ2v) is 8.68. The van der Waals surface area contributed by atoms with E-state index in [0.29, 0.717) is 11.3 Å². The number of amides is 1. The highest BCUT2D eigenvalue weighted by Crippen LogP contribution is 2.27. The molecule has 0 bridgehead atoms. The van der Waals surface area contributed by atoms with Gasteiger partial charge in [0.15, 0.2) is 0 Å². The predicted molar refractivity (Wildman–Crippen MR) is 112 cm³/mol. The number of sulfonamides is 1. The maximum Gasteiger partial charge on any atom is 0.263 e. The van der Waals surface area contributed by atoms with E-state index in [1.165, 1.54) is 12.1 Å². The highest BCUT2D eigenvalue weighted by molar-refractivity contribution is 7.92. The molecule has 0 aliphatic carbocycles. The molecule has 0 aromatic heterocycles. The Balaban J connectivity index is 1.94. The maximum atomic E-state index is 13.8. The number of hydrogen-bond acceptors (Lipinski definition) is 3. The number of benzene rings is 3. The van der Waals surface area contributed by atoms with Crippen LogP contribution in [0.2, 0.25) is 5.02 Å². The van der Waals surface area contributed by atoms with E-state index in [4.69, 9.17) is 11.6 Å². The molecule has 0 spiro atoms. The molecule has 9 heteroatoms. The van der Waals surface area contributed by atoms with Gasteiger partial charge < -0.3 is 5.32 Å². The normalized spacial score (nSPS) is 11.2. The van der Waals surface area contributed by atoms with Gasteiger partial charge in [-0.25, -0.2) is 17.2 Å². The molecule has 3 rings (SSSR count). The second-order valence-electron chi connectivity index (χ2n) is 6.62. The topological polar surface area (TPSA) is 75.3 Å². The first-order valence-corrected chi connectivity index (χ1v) is 10.6. The molecule has 2 N–H and O–H groups in total. The van der Waals surface area contributed by atoms with Gasteiger partial charge in [-0.2, -0.15) is 0 Å². The van der Waals surface area contributed by atoms with Gasteiger partial charge in [0.2, 0.25) is 0 Å². The molecule has 0 radical (unpaired) electrons. The van der Waals surface area contributed by atoms with Crippen LogP contribution in [0.5, 0.6) is 0 Å². The summed E-state index contributed by atoms with van der Waals surface area (Å²) in [7, 11) is -4.14. The van der Waals surface area contributed by atoms with E-state index in [9.17, 15) is 22.0 Å². The van der Waals surface area contributed by atoms with Gasteiger partial charge in [0, 0.05) is 5.56 Å². The number of hydrogen-bond donors (Lipinski definition) is 2. The number of aryl methyl sites for hydroxylation is 2. The Kier molecular flexibility index (Phi) is 6.09. The van der Waals surface area contributed by atoms with E-state index in [0.717, 1.165) is 29.8 Å². The Morgan fingerprint density at radius 2 is 1.63 bits per heavy atom. The van der Waals surface area contributed by atoms with Crippen LogP contribution in [0.4, 0.5) is 20.2 Å². The number of nitrogens with one attached hydrogen (secondary N) is 2. The molecule has 0 heterocycles. The summed E-state index contributed by atoms with van der Waals surface area (Å²) in [5, 5.41) is 2.00. The average molecular weight is 451 g/mol. The van der Waals surface area contributed by atoms with Crippen molar-refractivity contribution in [1.29, 1.82) is 0 Å². The molecule has 0 atom stereocenters. The van der Waals surface area contributed by atoms with Gasteiger partial charge in [-0.15, -0.1) is 0 Å². The fourth-order valence-corrected chi connectivity index (χ4v) is 4.35. The standard InChI is InChI=1S/C21H17ClF2N2O3S/c1-12-6-7-13(2)18(10-12)26-30(28,29)19-11-14(8-9-15(19)22)21(27)25-20-16(23)4-3-5-17(20)24/h3-11,26H,1-2H3,(H,25,27). The molecule has 0 fully saturated rings. The first kappa shape index (κ1) is 21.7. The molecule has 0 saturated carbocycles. The number of rotatable bonds is 5. The van der Waals surface area contributed by atoms with E-state index < -0.39 is 33.3 Å².